The summed E-state index contributed by atoms with van der Waals surface area (Å²) in [6.45, 7) is 0.720. The molecule has 0 unspecified atom stereocenters. The molecule has 2 rings (SSSR count). The third-order valence-electron chi connectivity index (χ3n) is 2.69. The molecule has 0 spiro atoms. The van der Waals surface area contributed by atoms with Crippen LogP contribution in [0.4, 0.5) is 5.82 Å². The number of anilines is 1. The normalized spacial score (nSPS) is 10.2. The summed E-state index contributed by atoms with van der Waals surface area (Å²) in [6, 6.07) is 13.5. The van der Waals surface area contributed by atoms with Crippen LogP contribution in [0, 0.1) is 0 Å². The molecule has 0 bridgehead atoms. The lowest BCUT2D eigenvalue weighted by Gasteiger charge is -2.19. The van der Waals surface area contributed by atoms with Crippen LogP contribution in [0.15, 0.2) is 42.5 Å². The van der Waals surface area contributed by atoms with Crippen molar-refractivity contribution in [1.82, 2.24) is 4.98 Å². The van der Waals surface area contributed by atoms with E-state index >= 15 is 0 Å². The van der Waals surface area contributed by atoms with E-state index in [-0.39, 0.29) is 0 Å². The molecule has 0 amide bonds. The smallest absolute Gasteiger partial charge is 0.131 e. The van der Waals surface area contributed by atoms with E-state index in [0.717, 1.165) is 23.7 Å². The Morgan fingerprint density at radius 1 is 1.17 bits per heavy atom. The number of ether oxygens (including phenoxy) is 1. The monoisotopic (exact) mass is 262 g/mol. The number of para-hydroxylation sites is 1. The number of benzene rings is 1. The highest BCUT2D eigenvalue weighted by atomic mass is 35.5. The van der Waals surface area contributed by atoms with Crippen molar-refractivity contribution in [3.63, 3.8) is 0 Å². The Morgan fingerprint density at radius 3 is 2.67 bits per heavy atom. The summed E-state index contributed by atoms with van der Waals surface area (Å²) in [7, 11) is 3.65. The molecule has 0 radical (unpaired) electrons. The van der Waals surface area contributed by atoms with Crippen molar-refractivity contribution in [3.8, 4) is 5.75 Å². The van der Waals surface area contributed by atoms with E-state index < -0.39 is 0 Å². The molecule has 0 saturated carbocycles. The minimum Gasteiger partial charge on any atom is -0.496 e. The molecule has 0 fully saturated rings. The lowest BCUT2D eigenvalue weighted by molar-refractivity contribution is 0.409. The first-order chi connectivity index (χ1) is 8.70. The SMILES string of the molecule is COc1ccccc1CN(C)c1cccc(Cl)n1. The number of pyridine rings is 1. The quantitative estimate of drug-likeness (QED) is 0.790. The minimum absolute atomic E-state index is 0.499. The van der Waals surface area contributed by atoms with Crippen LogP contribution in [0.3, 0.4) is 0 Å². The van der Waals surface area contributed by atoms with Gasteiger partial charge in [-0.1, -0.05) is 35.9 Å². The average molecular weight is 263 g/mol. The van der Waals surface area contributed by atoms with Crippen molar-refractivity contribution in [2.45, 2.75) is 6.54 Å². The van der Waals surface area contributed by atoms with Crippen LogP contribution >= 0.6 is 11.6 Å². The van der Waals surface area contributed by atoms with Gasteiger partial charge in [-0.25, -0.2) is 4.98 Å². The van der Waals surface area contributed by atoms with Gasteiger partial charge in [0.25, 0.3) is 0 Å². The van der Waals surface area contributed by atoms with Crippen LogP contribution < -0.4 is 9.64 Å². The summed E-state index contributed by atoms with van der Waals surface area (Å²) in [4.78, 5) is 6.31. The summed E-state index contributed by atoms with van der Waals surface area (Å²) >= 11 is 5.89. The lowest BCUT2D eigenvalue weighted by atomic mass is 10.2. The predicted octanol–water partition coefficient (Wildman–Crippen LogP) is 3.38. The third kappa shape index (κ3) is 2.93. The van der Waals surface area contributed by atoms with Crippen LogP contribution in [0.1, 0.15) is 5.56 Å². The molecule has 0 aliphatic heterocycles. The molecule has 2 aromatic rings. The van der Waals surface area contributed by atoms with E-state index in [9.17, 15) is 0 Å². The fourth-order valence-electron chi connectivity index (χ4n) is 1.78. The number of methoxy groups -OCH3 is 1. The first-order valence-electron chi connectivity index (χ1n) is 5.66. The number of hydrogen-bond donors (Lipinski definition) is 0. The van der Waals surface area contributed by atoms with Gasteiger partial charge < -0.3 is 9.64 Å². The predicted molar refractivity (Wildman–Crippen MR) is 74.3 cm³/mol. The zero-order valence-corrected chi connectivity index (χ0v) is 11.2. The van der Waals surface area contributed by atoms with E-state index in [4.69, 9.17) is 16.3 Å². The molecule has 18 heavy (non-hydrogen) atoms. The topological polar surface area (TPSA) is 25.4 Å². The van der Waals surface area contributed by atoms with E-state index in [1.807, 2.05) is 48.3 Å². The highest BCUT2D eigenvalue weighted by Crippen LogP contribution is 2.21. The second-order valence-electron chi connectivity index (χ2n) is 3.99. The van der Waals surface area contributed by atoms with Gasteiger partial charge >= 0.3 is 0 Å². The first-order valence-corrected chi connectivity index (χ1v) is 6.04. The van der Waals surface area contributed by atoms with Crippen molar-refractivity contribution in [2.75, 3.05) is 19.1 Å². The fourth-order valence-corrected chi connectivity index (χ4v) is 1.94. The van der Waals surface area contributed by atoms with Crippen molar-refractivity contribution in [3.05, 3.63) is 53.2 Å². The standard InChI is InChI=1S/C14H15ClN2O/c1-17(14-9-5-8-13(15)16-14)10-11-6-3-4-7-12(11)18-2/h3-9H,10H2,1-2H3. The van der Waals surface area contributed by atoms with Gasteiger partial charge in [0.1, 0.15) is 16.7 Å². The maximum absolute atomic E-state index is 5.89. The van der Waals surface area contributed by atoms with Crippen LogP contribution in [0.5, 0.6) is 5.75 Å². The van der Waals surface area contributed by atoms with Gasteiger partial charge in [-0.05, 0) is 18.2 Å². The summed E-state index contributed by atoms with van der Waals surface area (Å²) in [6.07, 6.45) is 0. The van der Waals surface area contributed by atoms with Gasteiger partial charge in [0.2, 0.25) is 0 Å². The maximum Gasteiger partial charge on any atom is 0.131 e. The molecule has 94 valence electrons. The van der Waals surface area contributed by atoms with Crippen molar-refractivity contribution in [2.24, 2.45) is 0 Å². The molecule has 1 aromatic carbocycles. The average Bonchev–Trinajstić information content (AvgIpc) is 2.39. The number of hydrogen-bond acceptors (Lipinski definition) is 3. The van der Waals surface area contributed by atoms with Gasteiger partial charge in [0.15, 0.2) is 0 Å². The zero-order chi connectivity index (χ0) is 13.0. The van der Waals surface area contributed by atoms with Crippen molar-refractivity contribution in [1.29, 1.82) is 0 Å². The second-order valence-corrected chi connectivity index (χ2v) is 4.37. The van der Waals surface area contributed by atoms with Gasteiger partial charge in [-0.3, -0.25) is 0 Å². The molecule has 0 N–H and O–H groups in total. The summed E-state index contributed by atoms with van der Waals surface area (Å²) in [5.74, 6) is 1.72. The van der Waals surface area contributed by atoms with E-state index in [2.05, 4.69) is 4.98 Å². The molecule has 1 aromatic heterocycles. The Bertz CT molecular complexity index is 531. The molecular formula is C14H15ClN2O. The summed E-state index contributed by atoms with van der Waals surface area (Å²) in [5.41, 5.74) is 1.12. The largest absolute Gasteiger partial charge is 0.496 e. The summed E-state index contributed by atoms with van der Waals surface area (Å²) < 4.78 is 5.33. The Morgan fingerprint density at radius 2 is 1.94 bits per heavy atom. The van der Waals surface area contributed by atoms with E-state index in [1.54, 1.807) is 13.2 Å². The molecule has 3 nitrogen and oxygen atoms in total. The van der Waals surface area contributed by atoms with E-state index in [1.165, 1.54) is 0 Å². The molecular weight excluding hydrogens is 248 g/mol. The van der Waals surface area contributed by atoms with Crippen LogP contribution in [0.25, 0.3) is 0 Å². The van der Waals surface area contributed by atoms with Gasteiger partial charge in [-0.2, -0.15) is 0 Å². The lowest BCUT2D eigenvalue weighted by Crippen LogP contribution is -2.18. The van der Waals surface area contributed by atoms with Crippen LogP contribution in [-0.4, -0.2) is 19.1 Å². The second kappa shape index (κ2) is 5.74. The van der Waals surface area contributed by atoms with E-state index in [0.29, 0.717) is 5.15 Å². The van der Waals surface area contributed by atoms with Crippen LogP contribution in [0.2, 0.25) is 5.15 Å². The molecule has 4 heteroatoms. The van der Waals surface area contributed by atoms with Crippen molar-refractivity contribution < 1.29 is 4.74 Å². The Labute approximate surface area is 112 Å². The molecule has 0 aliphatic carbocycles. The number of rotatable bonds is 4. The van der Waals surface area contributed by atoms with Gasteiger partial charge in [0, 0.05) is 19.2 Å². The Kier molecular flexibility index (Phi) is 4.05. The fraction of sp³-hybridized carbons (Fsp3) is 0.214. The highest BCUT2D eigenvalue weighted by molar-refractivity contribution is 6.29. The number of aromatic nitrogens is 1. The molecule has 0 aliphatic rings. The molecule has 0 atom stereocenters. The molecule has 0 saturated heterocycles. The third-order valence-corrected chi connectivity index (χ3v) is 2.90. The zero-order valence-electron chi connectivity index (χ0n) is 10.4. The van der Waals surface area contributed by atoms with Crippen molar-refractivity contribution >= 4 is 17.4 Å². The minimum atomic E-state index is 0.499. The molecule has 1 heterocycles. The Hall–Kier alpha value is -1.74. The highest BCUT2D eigenvalue weighted by Gasteiger charge is 2.07. The van der Waals surface area contributed by atoms with Gasteiger partial charge in [0.05, 0.1) is 7.11 Å². The number of halogens is 1. The van der Waals surface area contributed by atoms with Gasteiger partial charge in [-0.15, -0.1) is 0 Å². The first kappa shape index (κ1) is 12.7. The summed E-state index contributed by atoms with van der Waals surface area (Å²) in [5, 5.41) is 0.499. The maximum atomic E-state index is 5.89. The van der Waals surface area contributed by atoms with Crippen LogP contribution in [-0.2, 0) is 6.54 Å². The Balaban J connectivity index is 2.18. The number of nitrogens with zero attached hydrogens (tertiary/aromatic N) is 2.